The van der Waals surface area contributed by atoms with Gasteiger partial charge in [0.2, 0.25) is 0 Å². The summed E-state index contributed by atoms with van der Waals surface area (Å²) in [7, 11) is 3.13. The maximum Gasteiger partial charge on any atom is 0.304 e. The molecule has 18 heavy (non-hydrogen) atoms. The molecule has 0 aromatic heterocycles. The Labute approximate surface area is 115 Å². The van der Waals surface area contributed by atoms with Gasteiger partial charge in [0.25, 0.3) is 0 Å². The molecular weight excluding hydrogens is 300 g/mol. The van der Waals surface area contributed by atoms with Crippen LogP contribution in [0.15, 0.2) is 16.6 Å². The van der Waals surface area contributed by atoms with Gasteiger partial charge in [0.15, 0.2) is 0 Å². The predicted octanol–water partition coefficient (Wildman–Crippen LogP) is 3.22. The van der Waals surface area contributed by atoms with Gasteiger partial charge >= 0.3 is 5.97 Å². The first-order chi connectivity index (χ1) is 8.31. The number of carbonyl (C=O) groups is 1. The summed E-state index contributed by atoms with van der Waals surface area (Å²) < 4.78 is 11.3. The summed E-state index contributed by atoms with van der Waals surface area (Å²) in [6.45, 7) is 3.73. The lowest BCUT2D eigenvalue weighted by Crippen LogP contribution is -2.22. The molecular formula is C13H17BrO4. The van der Waals surface area contributed by atoms with E-state index in [1.807, 2.05) is 19.9 Å². The van der Waals surface area contributed by atoms with Crippen molar-refractivity contribution in [1.29, 1.82) is 0 Å². The number of rotatable bonds is 5. The highest BCUT2D eigenvalue weighted by Crippen LogP contribution is 2.40. The van der Waals surface area contributed by atoms with Crippen molar-refractivity contribution < 1.29 is 19.4 Å². The number of aliphatic carboxylic acids is 1. The molecule has 4 nitrogen and oxygen atoms in total. The molecule has 0 aliphatic rings. The average Bonchev–Trinajstić information content (AvgIpc) is 2.26. The van der Waals surface area contributed by atoms with Gasteiger partial charge in [-0.25, -0.2) is 0 Å². The number of halogens is 1. The first-order valence-corrected chi connectivity index (χ1v) is 6.25. The van der Waals surface area contributed by atoms with Crippen molar-refractivity contribution in [3.05, 3.63) is 22.2 Å². The molecule has 1 aromatic carbocycles. The van der Waals surface area contributed by atoms with Crippen LogP contribution in [-0.2, 0) is 10.2 Å². The molecule has 0 fully saturated rings. The summed E-state index contributed by atoms with van der Waals surface area (Å²) in [4.78, 5) is 10.9. The van der Waals surface area contributed by atoms with E-state index in [1.54, 1.807) is 20.3 Å². The minimum absolute atomic E-state index is 0.0220. The standard InChI is InChI=1S/C13H17BrO4/c1-13(2,7-12(15)16)8-5-11(18-4)9(14)6-10(8)17-3/h5-6H,7H2,1-4H3,(H,15,16). The zero-order valence-corrected chi connectivity index (χ0v) is 12.5. The van der Waals surface area contributed by atoms with Crippen molar-refractivity contribution >= 4 is 21.9 Å². The minimum Gasteiger partial charge on any atom is -0.496 e. The molecule has 1 aromatic rings. The third-order valence-electron chi connectivity index (χ3n) is 2.80. The quantitative estimate of drug-likeness (QED) is 0.906. The zero-order valence-electron chi connectivity index (χ0n) is 10.9. The van der Waals surface area contributed by atoms with Crippen LogP contribution in [0.25, 0.3) is 0 Å². The second-order valence-electron chi connectivity index (χ2n) is 4.64. The van der Waals surface area contributed by atoms with Gasteiger partial charge in [0.1, 0.15) is 11.5 Å². The van der Waals surface area contributed by atoms with E-state index >= 15 is 0 Å². The summed E-state index contributed by atoms with van der Waals surface area (Å²) in [5, 5.41) is 8.97. The second kappa shape index (κ2) is 5.61. The summed E-state index contributed by atoms with van der Waals surface area (Å²) in [6, 6.07) is 3.60. The van der Waals surface area contributed by atoms with Crippen LogP contribution < -0.4 is 9.47 Å². The lowest BCUT2D eigenvalue weighted by Gasteiger charge is -2.26. The Balaban J connectivity index is 3.32. The van der Waals surface area contributed by atoms with Gasteiger partial charge in [-0.15, -0.1) is 0 Å². The van der Waals surface area contributed by atoms with Crippen LogP contribution >= 0.6 is 15.9 Å². The van der Waals surface area contributed by atoms with E-state index in [9.17, 15) is 4.79 Å². The second-order valence-corrected chi connectivity index (χ2v) is 5.50. The molecule has 0 aliphatic heterocycles. The van der Waals surface area contributed by atoms with Crippen molar-refractivity contribution in [2.24, 2.45) is 0 Å². The van der Waals surface area contributed by atoms with E-state index in [-0.39, 0.29) is 6.42 Å². The Hall–Kier alpha value is -1.23. The number of ether oxygens (including phenoxy) is 2. The third kappa shape index (κ3) is 3.16. The summed E-state index contributed by atoms with van der Waals surface area (Å²) in [5.74, 6) is 0.460. The van der Waals surface area contributed by atoms with Crippen LogP contribution in [0.5, 0.6) is 11.5 Å². The molecule has 1 N–H and O–H groups in total. The normalized spacial score (nSPS) is 11.2. The maximum atomic E-state index is 10.9. The fourth-order valence-corrected chi connectivity index (χ4v) is 2.35. The lowest BCUT2D eigenvalue weighted by atomic mass is 9.81. The van der Waals surface area contributed by atoms with Crippen LogP contribution in [0.3, 0.4) is 0 Å². The van der Waals surface area contributed by atoms with Gasteiger partial charge in [0, 0.05) is 11.0 Å². The highest BCUT2D eigenvalue weighted by molar-refractivity contribution is 9.10. The molecule has 0 aliphatic carbocycles. The van der Waals surface area contributed by atoms with Gasteiger partial charge < -0.3 is 14.6 Å². The van der Waals surface area contributed by atoms with Gasteiger partial charge in [-0.2, -0.15) is 0 Å². The highest BCUT2D eigenvalue weighted by Gasteiger charge is 2.28. The van der Waals surface area contributed by atoms with Crippen molar-refractivity contribution in [2.45, 2.75) is 25.7 Å². The van der Waals surface area contributed by atoms with Crippen LogP contribution in [0.4, 0.5) is 0 Å². The number of benzene rings is 1. The van der Waals surface area contributed by atoms with Crippen molar-refractivity contribution in [2.75, 3.05) is 14.2 Å². The maximum absolute atomic E-state index is 10.9. The molecule has 100 valence electrons. The molecule has 0 radical (unpaired) electrons. The first-order valence-electron chi connectivity index (χ1n) is 5.45. The largest absolute Gasteiger partial charge is 0.496 e. The third-order valence-corrected chi connectivity index (χ3v) is 3.42. The Morgan fingerprint density at radius 1 is 1.28 bits per heavy atom. The minimum atomic E-state index is -0.844. The van der Waals surface area contributed by atoms with Crippen LogP contribution in [0.1, 0.15) is 25.8 Å². The summed E-state index contributed by atoms with van der Waals surface area (Å²) >= 11 is 3.38. The highest BCUT2D eigenvalue weighted by atomic mass is 79.9. The molecule has 0 saturated heterocycles. The SMILES string of the molecule is COc1cc(C(C)(C)CC(=O)O)c(OC)cc1Br. The molecule has 0 saturated carbocycles. The predicted molar refractivity (Wildman–Crippen MR) is 72.5 cm³/mol. The lowest BCUT2D eigenvalue weighted by molar-refractivity contribution is -0.138. The number of carboxylic acids is 1. The molecule has 0 amide bonds. The molecule has 5 heteroatoms. The number of carboxylic acid groups (broad SMARTS) is 1. The van der Waals surface area contributed by atoms with E-state index in [4.69, 9.17) is 14.6 Å². The van der Waals surface area contributed by atoms with E-state index in [1.165, 1.54) is 0 Å². The smallest absolute Gasteiger partial charge is 0.304 e. The van der Waals surface area contributed by atoms with Crippen molar-refractivity contribution in [3.8, 4) is 11.5 Å². The number of hydrogen-bond acceptors (Lipinski definition) is 3. The van der Waals surface area contributed by atoms with E-state index in [0.29, 0.717) is 11.5 Å². The Kier molecular flexibility index (Phi) is 4.62. The Morgan fingerprint density at radius 2 is 1.83 bits per heavy atom. The topological polar surface area (TPSA) is 55.8 Å². The molecule has 0 bridgehead atoms. The Bertz CT molecular complexity index is 455. The summed E-state index contributed by atoms with van der Waals surface area (Å²) in [5.41, 5.74) is 0.276. The molecule has 0 atom stereocenters. The monoisotopic (exact) mass is 316 g/mol. The van der Waals surface area contributed by atoms with E-state index in [2.05, 4.69) is 15.9 Å². The zero-order chi connectivity index (χ0) is 13.9. The van der Waals surface area contributed by atoms with Crippen LogP contribution in [0, 0.1) is 0 Å². The fourth-order valence-electron chi connectivity index (χ4n) is 1.86. The number of hydrogen-bond donors (Lipinski definition) is 1. The average molecular weight is 317 g/mol. The molecule has 0 spiro atoms. The van der Waals surface area contributed by atoms with E-state index in [0.717, 1.165) is 10.0 Å². The molecule has 0 unspecified atom stereocenters. The van der Waals surface area contributed by atoms with Crippen molar-refractivity contribution in [3.63, 3.8) is 0 Å². The van der Waals surface area contributed by atoms with Gasteiger partial charge in [-0.3, -0.25) is 4.79 Å². The molecule has 1 rings (SSSR count). The summed E-state index contributed by atoms with van der Waals surface area (Å²) in [6.07, 6.45) is 0.0220. The van der Waals surface area contributed by atoms with Crippen molar-refractivity contribution in [1.82, 2.24) is 0 Å². The fraction of sp³-hybridized carbons (Fsp3) is 0.462. The van der Waals surface area contributed by atoms with E-state index < -0.39 is 11.4 Å². The van der Waals surface area contributed by atoms with Crippen LogP contribution in [-0.4, -0.2) is 25.3 Å². The van der Waals surface area contributed by atoms with Gasteiger partial charge in [-0.1, -0.05) is 13.8 Å². The number of methoxy groups -OCH3 is 2. The first kappa shape index (κ1) is 14.8. The van der Waals surface area contributed by atoms with Crippen LogP contribution in [0.2, 0.25) is 0 Å². The molecule has 0 heterocycles. The Morgan fingerprint density at radius 3 is 2.28 bits per heavy atom. The van der Waals surface area contributed by atoms with Gasteiger partial charge in [-0.05, 0) is 28.1 Å². The van der Waals surface area contributed by atoms with Gasteiger partial charge in [0.05, 0.1) is 25.1 Å².